The predicted octanol–water partition coefficient (Wildman–Crippen LogP) is 2.22. The molecule has 140 valence electrons. The number of benzene rings is 1. The zero-order chi connectivity index (χ0) is 19.1. The highest BCUT2D eigenvalue weighted by Gasteiger charge is 2.31. The number of unbranched alkanes of at least 4 members (excludes halogenated alkanes) is 2. The molecule has 1 aliphatic rings. The Morgan fingerprint density at radius 2 is 2.12 bits per heavy atom. The SMILES string of the molecule is CCCCCOc1ccc(C=C2SC(=S)N(CC(=O)[O-])C2=O)cc1OC. The van der Waals surface area contributed by atoms with Gasteiger partial charge in [-0.05, 0) is 30.2 Å². The van der Waals surface area contributed by atoms with E-state index in [1.54, 1.807) is 25.3 Å². The molecule has 26 heavy (non-hydrogen) atoms. The molecule has 2 rings (SSSR count). The van der Waals surface area contributed by atoms with E-state index in [0.29, 0.717) is 23.0 Å². The molecule has 1 amide bonds. The Morgan fingerprint density at radius 1 is 1.35 bits per heavy atom. The van der Waals surface area contributed by atoms with Crippen LogP contribution in [0, 0.1) is 0 Å². The smallest absolute Gasteiger partial charge is 0.266 e. The topological polar surface area (TPSA) is 78.9 Å². The Balaban J connectivity index is 2.14. The number of carbonyl (C=O) groups is 2. The van der Waals surface area contributed by atoms with E-state index in [0.717, 1.165) is 41.5 Å². The van der Waals surface area contributed by atoms with Crippen molar-refractivity contribution in [2.24, 2.45) is 0 Å². The standard InChI is InChI=1S/C18H21NO5S2/c1-3-4-5-8-24-13-7-6-12(9-14(13)23-2)10-15-17(22)19(11-16(20)21)18(25)26-15/h6-7,9-10H,3-5,8,11H2,1-2H3,(H,20,21)/p-1. The van der Waals surface area contributed by atoms with Gasteiger partial charge < -0.3 is 19.4 Å². The lowest BCUT2D eigenvalue weighted by Gasteiger charge is -2.14. The van der Waals surface area contributed by atoms with Crippen molar-refractivity contribution < 1.29 is 24.2 Å². The molecular weight excluding hydrogens is 374 g/mol. The Morgan fingerprint density at radius 3 is 2.77 bits per heavy atom. The molecule has 0 bridgehead atoms. The van der Waals surface area contributed by atoms with Gasteiger partial charge in [-0.2, -0.15) is 0 Å². The highest BCUT2D eigenvalue weighted by Crippen LogP contribution is 2.34. The molecule has 0 atom stereocenters. The summed E-state index contributed by atoms with van der Waals surface area (Å²) in [5, 5.41) is 10.7. The van der Waals surface area contributed by atoms with Gasteiger partial charge in [0, 0.05) is 0 Å². The van der Waals surface area contributed by atoms with Gasteiger partial charge in [0.25, 0.3) is 5.91 Å². The van der Waals surface area contributed by atoms with Crippen LogP contribution < -0.4 is 14.6 Å². The second-order valence-electron chi connectivity index (χ2n) is 5.61. The van der Waals surface area contributed by atoms with E-state index in [2.05, 4.69) is 6.92 Å². The molecule has 1 fully saturated rings. The van der Waals surface area contributed by atoms with Gasteiger partial charge in [0.15, 0.2) is 11.5 Å². The van der Waals surface area contributed by atoms with Crippen molar-refractivity contribution in [2.45, 2.75) is 26.2 Å². The summed E-state index contributed by atoms with van der Waals surface area (Å²) in [6, 6.07) is 5.36. The van der Waals surface area contributed by atoms with Crippen LogP contribution in [0.15, 0.2) is 23.1 Å². The van der Waals surface area contributed by atoms with E-state index in [-0.39, 0.29) is 4.32 Å². The van der Waals surface area contributed by atoms with Crippen LogP contribution in [0.2, 0.25) is 0 Å². The van der Waals surface area contributed by atoms with Gasteiger partial charge in [-0.1, -0.05) is 49.8 Å². The van der Waals surface area contributed by atoms with Crippen LogP contribution in [-0.2, 0) is 9.59 Å². The van der Waals surface area contributed by atoms with Gasteiger partial charge in [-0.3, -0.25) is 9.69 Å². The molecule has 0 N–H and O–H groups in total. The number of hydrogen-bond acceptors (Lipinski definition) is 7. The van der Waals surface area contributed by atoms with Crippen LogP contribution in [-0.4, -0.2) is 41.4 Å². The molecule has 0 saturated carbocycles. The van der Waals surface area contributed by atoms with Crippen molar-refractivity contribution in [3.63, 3.8) is 0 Å². The number of hydrogen-bond donors (Lipinski definition) is 0. The summed E-state index contributed by atoms with van der Waals surface area (Å²) < 4.78 is 11.3. The van der Waals surface area contributed by atoms with Gasteiger partial charge >= 0.3 is 0 Å². The molecule has 1 saturated heterocycles. The fraction of sp³-hybridized carbons (Fsp3) is 0.389. The third kappa shape index (κ3) is 5.22. The predicted molar refractivity (Wildman–Crippen MR) is 103 cm³/mol. The van der Waals surface area contributed by atoms with E-state index in [1.165, 1.54) is 0 Å². The van der Waals surface area contributed by atoms with E-state index >= 15 is 0 Å². The van der Waals surface area contributed by atoms with Crippen molar-refractivity contribution in [3.8, 4) is 11.5 Å². The maximum absolute atomic E-state index is 12.3. The van der Waals surface area contributed by atoms with Crippen LogP contribution in [0.1, 0.15) is 31.7 Å². The molecule has 1 aliphatic heterocycles. The van der Waals surface area contributed by atoms with Gasteiger partial charge in [-0.15, -0.1) is 0 Å². The maximum Gasteiger partial charge on any atom is 0.266 e. The van der Waals surface area contributed by atoms with Gasteiger partial charge in [0.1, 0.15) is 4.32 Å². The van der Waals surface area contributed by atoms with E-state index in [4.69, 9.17) is 21.7 Å². The molecule has 0 unspecified atom stereocenters. The summed E-state index contributed by atoms with van der Waals surface area (Å²) in [6.07, 6.45) is 4.85. The number of rotatable bonds is 9. The molecule has 0 aliphatic carbocycles. The number of amides is 1. The first-order valence-corrected chi connectivity index (χ1v) is 9.44. The minimum Gasteiger partial charge on any atom is -0.548 e. The summed E-state index contributed by atoms with van der Waals surface area (Å²) in [4.78, 5) is 24.4. The van der Waals surface area contributed by atoms with E-state index < -0.39 is 18.4 Å². The van der Waals surface area contributed by atoms with Crippen molar-refractivity contribution in [3.05, 3.63) is 28.7 Å². The Kier molecular flexibility index (Phi) is 7.47. The average Bonchev–Trinajstić information content (AvgIpc) is 2.86. The average molecular weight is 394 g/mol. The fourth-order valence-corrected chi connectivity index (χ4v) is 3.60. The number of thioether (sulfide) groups is 1. The Bertz CT molecular complexity index is 732. The molecule has 6 nitrogen and oxygen atoms in total. The zero-order valence-electron chi connectivity index (χ0n) is 14.6. The van der Waals surface area contributed by atoms with Gasteiger partial charge in [0.2, 0.25) is 0 Å². The first kappa shape index (κ1) is 20.3. The monoisotopic (exact) mass is 394 g/mol. The molecular formula is C18H20NO5S2-. The maximum atomic E-state index is 12.3. The van der Waals surface area contributed by atoms with Crippen LogP contribution >= 0.6 is 24.0 Å². The number of carboxylic acids is 1. The highest BCUT2D eigenvalue weighted by atomic mass is 32.2. The summed E-state index contributed by atoms with van der Waals surface area (Å²) in [5.41, 5.74) is 0.733. The molecule has 0 spiro atoms. The van der Waals surface area contributed by atoms with Crippen LogP contribution in [0.25, 0.3) is 6.08 Å². The van der Waals surface area contributed by atoms with Gasteiger partial charge in [-0.25, -0.2) is 0 Å². The molecule has 0 aromatic heterocycles. The number of ether oxygens (including phenoxy) is 2. The summed E-state index contributed by atoms with van der Waals surface area (Å²) >= 11 is 6.12. The first-order chi connectivity index (χ1) is 12.5. The lowest BCUT2D eigenvalue weighted by Crippen LogP contribution is -2.40. The first-order valence-electron chi connectivity index (χ1n) is 8.22. The Labute approximate surface area is 162 Å². The number of carboxylic acid groups (broad SMARTS) is 1. The summed E-state index contributed by atoms with van der Waals surface area (Å²) in [5.74, 6) is -0.581. The number of thiocarbonyl (C=S) groups is 1. The molecule has 1 aromatic carbocycles. The molecule has 0 radical (unpaired) electrons. The van der Waals surface area contributed by atoms with Gasteiger partial charge in [0.05, 0.1) is 31.1 Å². The lowest BCUT2D eigenvalue weighted by atomic mass is 10.2. The second kappa shape index (κ2) is 9.59. The fourth-order valence-electron chi connectivity index (χ4n) is 2.34. The Hall–Kier alpha value is -2.06. The van der Waals surface area contributed by atoms with Crippen molar-refractivity contribution in [2.75, 3.05) is 20.3 Å². The molecule has 8 heteroatoms. The van der Waals surface area contributed by atoms with E-state index in [1.807, 2.05) is 6.07 Å². The van der Waals surface area contributed by atoms with E-state index in [9.17, 15) is 14.7 Å². The number of aliphatic carboxylic acids is 1. The third-order valence-corrected chi connectivity index (χ3v) is 5.03. The number of nitrogens with zero attached hydrogens (tertiary/aromatic N) is 1. The van der Waals surface area contributed by atoms with Crippen molar-refractivity contribution in [1.29, 1.82) is 0 Å². The summed E-state index contributed by atoms with van der Waals surface area (Å²) in [6.45, 7) is 2.20. The van der Waals surface area contributed by atoms with Crippen molar-refractivity contribution in [1.82, 2.24) is 4.90 Å². The number of methoxy groups -OCH3 is 1. The van der Waals surface area contributed by atoms with Crippen LogP contribution in [0.5, 0.6) is 11.5 Å². The lowest BCUT2D eigenvalue weighted by molar-refractivity contribution is -0.305. The second-order valence-corrected chi connectivity index (χ2v) is 7.28. The quantitative estimate of drug-likeness (QED) is 0.361. The third-order valence-electron chi connectivity index (χ3n) is 3.65. The normalized spacial score (nSPS) is 15.6. The van der Waals surface area contributed by atoms with Crippen LogP contribution in [0.4, 0.5) is 0 Å². The largest absolute Gasteiger partial charge is 0.548 e. The van der Waals surface area contributed by atoms with Crippen molar-refractivity contribution >= 4 is 46.3 Å². The van der Waals surface area contributed by atoms with Crippen LogP contribution in [0.3, 0.4) is 0 Å². The molecule has 1 heterocycles. The minimum absolute atomic E-state index is 0.202. The minimum atomic E-state index is -1.35. The number of carbonyl (C=O) groups excluding carboxylic acids is 2. The zero-order valence-corrected chi connectivity index (χ0v) is 16.3. The highest BCUT2D eigenvalue weighted by molar-refractivity contribution is 8.26. The summed E-state index contributed by atoms with van der Waals surface area (Å²) in [7, 11) is 1.55. The molecule has 1 aromatic rings.